The van der Waals surface area contributed by atoms with Gasteiger partial charge in [0.1, 0.15) is 23.3 Å². The highest BCUT2D eigenvalue weighted by molar-refractivity contribution is 6.02. The van der Waals surface area contributed by atoms with Crippen LogP contribution in [0.15, 0.2) is 72.1 Å². The van der Waals surface area contributed by atoms with Crippen molar-refractivity contribution in [2.24, 2.45) is 7.05 Å². The molecule has 6 heterocycles. The zero-order chi connectivity index (χ0) is 25.3. The molecule has 37 heavy (non-hydrogen) atoms. The largest absolute Gasteiger partial charge is 0.424 e. The first-order chi connectivity index (χ1) is 18.0. The van der Waals surface area contributed by atoms with Gasteiger partial charge in [-0.2, -0.15) is 10.1 Å². The molecule has 0 amide bonds. The number of fused-ring (bicyclic) bond motifs is 3. The lowest BCUT2D eigenvalue weighted by atomic mass is 10.1. The van der Waals surface area contributed by atoms with E-state index in [1.165, 1.54) is 6.33 Å². The van der Waals surface area contributed by atoms with E-state index in [0.717, 1.165) is 44.4 Å². The van der Waals surface area contributed by atoms with Crippen molar-refractivity contribution in [3.05, 3.63) is 73.2 Å². The highest BCUT2D eigenvalue weighted by atomic mass is 16.4. The van der Waals surface area contributed by atoms with Gasteiger partial charge in [0.15, 0.2) is 5.58 Å². The quantitative estimate of drug-likeness (QED) is 0.375. The van der Waals surface area contributed by atoms with Crippen LogP contribution in [0.4, 0.5) is 11.8 Å². The number of hydrogen-bond acceptors (Lipinski definition) is 8. The number of benzene rings is 1. The van der Waals surface area contributed by atoms with Crippen molar-refractivity contribution >= 4 is 45.0 Å². The molecule has 0 saturated heterocycles. The lowest BCUT2D eigenvalue weighted by Crippen LogP contribution is -2.06. The Kier molecular flexibility index (Phi) is 4.37. The molecule has 0 aliphatic rings. The van der Waals surface area contributed by atoms with E-state index in [2.05, 4.69) is 54.6 Å². The molecule has 0 aliphatic heterocycles. The number of nitrogen functional groups attached to an aromatic ring is 2. The van der Waals surface area contributed by atoms with Gasteiger partial charge in [-0.15, -0.1) is 0 Å². The minimum atomic E-state index is -0.118. The smallest absolute Gasteiger partial charge is 0.292 e. The molecule has 0 spiro atoms. The number of hydrogen-bond donors (Lipinski definition) is 2. The molecule has 11 heteroatoms. The van der Waals surface area contributed by atoms with E-state index in [9.17, 15) is 0 Å². The highest BCUT2D eigenvalue weighted by Crippen LogP contribution is 2.38. The summed E-state index contributed by atoms with van der Waals surface area (Å²) in [4.78, 5) is 17.9. The summed E-state index contributed by atoms with van der Waals surface area (Å²) < 4.78 is 11.5. The van der Waals surface area contributed by atoms with Gasteiger partial charge >= 0.3 is 0 Å². The van der Waals surface area contributed by atoms with E-state index in [4.69, 9.17) is 20.9 Å². The van der Waals surface area contributed by atoms with Gasteiger partial charge in [0.2, 0.25) is 0 Å². The maximum absolute atomic E-state index is 6.39. The number of pyridine rings is 1. The second kappa shape index (κ2) is 7.65. The van der Waals surface area contributed by atoms with Crippen LogP contribution in [0.25, 0.3) is 50.0 Å². The Morgan fingerprint density at radius 1 is 1.03 bits per heavy atom. The highest BCUT2D eigenvalue weighted by Gasteiger charge is 2.23. The Hall–Kier alpha value is -5.19. The van der Waals surface area contributed by atoms with Crippen LogP contribution in [0, 0.1) is 0 Å². The first-order valence-corrected chi connectivity index (χ1v) is 11.7. The molecule has 0 saturated carbocycles. The maximum Gasteiger partial charge on any atom is 0.292 e. The lowest BCUT2D eigenvalue weighted by molar-refractivity contribution is 0.626. The minimum Gasteiger partial charge on any atom is -0.424 e. The molecule has 0 bridgehead atoms. The van der Waals surface area contributed by atoms with Crippen LogP contribution in [-0.2, 0) is 7.05 Å². The molecular formula is C26H22N10O. The number of aromatic nitrogens is 8. The predicted molar refractivity (Wildman–Crippen MR) is 141 cm³/mol. The van der Waals surface area contributed by atoms with Crippen molar-refractivity contribution in [2.45, 2.75) is 13.0 Å². The maximum atomic E-state index is 6.39. The zero-order valence-corrected chi connectivity index (χ0v) is 20.1. The van der Waals surface area contributed by atoms with E-state index in [0.29, 0.717) is 16.9 Å². The monoisotopic (exact) mass is 490 g/mol. The van der Waals surface area contributed by atoms with Crippen LogP contribution in [0.2, 0.25) is 0 Å². The summed E-state index contributed by atoms with van der Waals surface area (Å²) in [7, 11) is 1.90. The summed E-state index contributed by atoms with van der Waals surface area (Å²) >= 11 is 0. The van der Waals surface area contributed by atoms with Crippen LogP contribution >= 0.6 is 0 Å². The van der Waals surface area contributed by atoms with Crippen molar-refractivity contribution in [3.8, 4) is 16.8 Å². The Labute approximate surface area is 210 Å². The average molecular weight is 491 g/mol. The summed E-state index contributed by atoms with van der Waals surface area (Å²) in [6.07, 6.45) is 11.3. The third kappa shape index (κ3) is 3.17. The number of nitrogens with two attached hydrogens (primary N) is 2. The fourth-order valence-electron chi connectivity index (χ4n) is 5.02. The van der Waals surface area contributed by atoms with E-state index in [-0.39, 0.29) is 12.1 Å². The van der Waals surface area contributed by atoms with Gasteiger partial charge in [0, 0.05) is 43.0 Å². The van der Waals surface area contributed by atoms with Gasteiger partial charge in [-0.25, -0.2) is 9.97 Å². The first-order valence-electron chi connectivity index (χ1n) is 11.7. The first kappa shape index (κ1) is 21.1. The Balaban J connectivity index is 1.43. The molecule has 1 aromatic carbocycles. The fourth-order valence-corrected chi connectivity index (χ4v) is 5.02. The Morgan fingerprint density at radius 3 is 2.76 bits per heavy atom. The molecule has 4 N–H and O–H groups in total. The molecular weight excluding hydrogens is 468 g/mol. The Bertz CT molecular complexity index is 1960. The topological polar surface area (TPSA) is 144 Å². The van der Waals surface area contributed by atoms with Crippen molar-refractivity contribution in [2.75, 3.05) is 11.5 Å². The van der Waals surface area contributed by atoms with E-state index in [1.807, 2.05) is 49.9 Å². The van der Waals surface area contributed by atoms with Crippen LogP contribution in [0.3, 0.4) is 0 Å². The average Bonchev–Trinajstić information content (AvgIpc) is 3.66. The second-order valence-corrected chi connectivity index (χ2v) is 9.02. The van der Waals surface area contributed by atoms with Crippen LogP contribution in [-0.4, -0.2) is 38.9 Å². The predicted octanol–water partition coefficient (Wildman–Crippen LogP) is 4.09. The van der Waals surface area contributed by atoms with Gasteiger partial charge in [-0.3, -0.25) is 9.67 Å². The second-order valence-electron chi connectivity index (χ2n) is 9.02. The summed E-state index contributed by atoms with van der Waals surface area (Å²) in [5, 5.41) is 5.11. The van der Waals surface area contributed by atoms with Crippen molar-refractivity contribution in [3.63, 3.8) is 0 Å². The standard InChI is InChI=1S/C26H22N10O/c1-14(17-11-36(16-9-32-34(2)10-16)20-4-3-7-29-23(17)20)35-12-18(22-24(27)30-13-31-25(22)35)15-5-6-21-19(8-15)33-26(28)37-21/h3-14H,1-2H3,(H2,28,33)(H2,27,30,31). The number of rotatable bonds is 4. The lowest BCUT2D eigenvalue weighted by Gasteiger charge is -2.14. The number of anilines is 2. The van der Waals surface area contributed by atoms with Crippen molar-refractivity contribution in [1.82, 2.24) is 38.9 Å². The number of nitrogens with zero attached hydrogens (tertiary/aromatic N) is 8. The van der Waals surface area contributed by atoms with Crippen molar-refractivity contribution < 1.29 is 4.42 Å². The summed E-state index contributed by atoms with van der Waals surface area (Å²) in [6.45, 7) is 2.13. The normalized spacial score (nSPS) is 12.7. The van der Waals surface area contributed by atoms with E-state index >= 15 is 0 Å². The molecule has 0 radical (unpaired) electrons. The van der Waals surface area contributed by atoms with Gasteiger partial charge in [-0.1, -0.05) is 6.07 Å². The minimum absolute atomic E-state index is 0.118. The molecule has 1 atom stereocenters. The molecule has 11 nitrogen and oxygen atoms in total. The number of oxazole rings is 1. The van der Waals surface area contributed by atoms with Crippen LogP contribution in [0.5, 0.6) is 0 Å². The van der Waals surface area contributed by atoms with Crippen molar-refractivity contribution in [1.29, 1.82) is 0 Å². The third-order valence-corrected chi connectivity index (χ3v) is 6.78. The van der Waals surface area contributed by atoms with Crippen LogP contribution < -0.4 is 11.5 Å². The zero-order valence-electron chi connectivity index (χ0n) is 20.1. The van der Waals surface area contributed by atoms with Gasteiger partial charge in [-0.05, 0) is 36.8 Å². The molecule has 7 aromatic rings. The molecule has 1 unspecified atom stereocenters. The molecule has 0 aliphatic carbocycles. The molecule has 6 aromatic heterocycles. The molecule has 0 fully saturated rings. The summed E-state index contributed by atoms with van der Waals surface area (Å²) in [5.74, 6) is 0.404. The third-order valence-electron chi connectivity index (χ3n) is 6.78. The van der Waals surface area contributed by atoms with E-state index in [1.54, 1.807) is 4.68 Å². The summed E-state index contributed by atoms with van der Waals surface area (Å²) in [5.41, 5.74) is 19.9. The van der Waals surface area contributed by atoms with Gasteiger partial charge in [0.25, 0.3) is 6.01 Å². The molecule has 7 rings (SSSR count). The van der Waals surface area contributed by atoms with Gasteiger partial charge < -0.3 is 25.0 Å². The van der Waals surface area contributed by atoms with E-state index < -0.39 is 0 Å². The molecule has 182 valence electrons. The SMILES string of the molecule is CC(c1cn(-c2cnn(C)c2)c2cccnc12)n1cc(-c2ccc3oc(N)nc3c2)c2c(N)ncnc21. The fraction of sp³-hybridized carbons (Fsp3) is 0.115. The Morgan fingerprint density at radius 2 is 1.92 bits per heavy atom. The summed E-state index contributed by atoms with van der Waals surface area (Å²) in [6, 6.07) is 9.75. The van der Waals surface area contributed by atoms with Crippen LogP contribution in [0.1, 0.15) is 18.5 Å². The van der Waals surface area contributed by atoms with Gasteiger partial charge in [0.05, 0.1) is 34.3 Å². The number of aryl methyl sites for hydroxylation is 1.